The van der Waals surface area contributed by atoms with E-state index in [1.54, 1.807) is 32.0 Å². The summed E-state index contributed by atoms with van der Waals surface area (Å²) in [5.41, 5.74) is 0.385. The molecule has 0 aromatic heterocycles. The van der Waals surface area contributed by atoms with Crippen LogP contribution in [0.1, 0.15) is 13.8 Å². The fourth-order valence-corrected chi connectivity index (χ4v) is 2.39. The molecule has 1 fully saturated rings. The Morgan fingerprint density at radius 2 is 2.00 bits per heavy atom. The molecule has 5 amide bonds. The van der Waals surface area contributed by atoms with Crippen LogP contribution in [0.15, 0.2) is 18.2 Å². The average Bonchev–Trinajstić information content (AvgIpc) is 2.73. The predicted octanol–water partition coefficient (Wildman–Crippen LogP) is 2.88. The predicted molar refractivity (Wildman–Crippen MR) is 79.7 cm³/mol. The van der Waals surface area contributed by atoms with Gasteiger partial charge in [-0.05, 0) is 26.0 Å². The summed E-state index contributed by atoms with van der Waals surface area (Å²) in [4.78, 5) is 37.6. The van der Waals surface area contributed by atoms with Gasteiger partial charge in [0.25, 0.3) is 0 Å². The topological polar surface area (TPSA) is 69.7 Å². The highest BCUT2D eigenvalue weighted by Gasteiger charge is 2.36. The first-order chi connectivity index (χ1) is 9.82. The summed E-state index contributed by atoms with van der Waals surface area (Å²) in [6.45, 7) is 3.23. The van der Waals surface area contributed by atoms with E-state index in [0.717, 1.165) is 4.90 Å². The number of imide groups is 2. The third-order valence-electron chi connectivity index (χ3n) is 2.94. The van der Waals surface area contributed by atoms with Gasteiger partial charge in [0.1, 0.15) is 6.54 Å². The summed E-state index contributed by atoms with van der Waals surface area (Å²) in [7, 11) is 0. The van der Waals surface area contributed by atoms with Crippen LogP contribution in [0.3, 0.4) is 0 Å². The van der Waals surface area contributed by atoms with Gasteiger partial charge in [-0.15, -0.1) is 0 Å². The van der Waals surface area contributed by atoms with Gasteiger partial charge in [-0.2, -0.15) is 0 Å². The minimum Gasteiger partial charge on any atom is -0.290 e. The van der Waals surface area contributed by atoms with E-state index in [2.05, 4.69) is 5.32 Å². The first-order valence-electron chi connectivity index (χ1n) is 6.21. The van der Waals surface area contributed by atoms with Crippen LogP contribution in [-0.4, -0.2) is 35.5 Å². The molecule has 0 bridgehead atoms. The van der Waals surface area contributed by atoms with Crippen molar-refractivity contribution in [1.82, 2.24) is 10.2 Å². The number of amides is 5. The summed E-state index contributed by atoms with van der Waals surface area (Å²) in [6, 6.07) is 3.23. The highest BCUT2D eigenvalue weighted by Crippen LogP contribution is 2.34. The van der Waals surface area contributed by atoms with Crippen LogP contribution in [0.2, 0.25) is 10.0 Å². The van der Waals surface area contributed by atoms with Gasteiger partial charge >= 0.3 is 12.1 Å². The van der Waals surface area contributed by atoms with Gasteiger partial charge in [-0.1, -0.05) is 29.3 Å². The summed E-state index contributed by atoms with van der Waals surface area (Å²) in [5, 5.41) is 2.58. The number of nitrogens with zero attached hydrogens (tertiary/aromatic N) is 2. The third kappa shape index (κ3) is 2.96. The number of hydrogen-bond donors (Lipinski definition) is 1. The second-order valence-electron chi connectivity index (χ2n) is 4.76. The minimum atomic E-state index is -0.742. The van der Waals surface area contributed by atoms with Crippen LogP contribution in [0.5, 0.6) is 0 Å². The minimum absolute atomic E-state index is 0.215. The number of urea groups is 2. The van der Waals surface area contributed by atoms with E-state index in [-0.39, 0.29) is 17.6 Å². The van der Waals surface area contributed by atoms with Crippen LogP contribution < -0.4 is 10.2 Å². The smallest absolute Gasteiger partial charge is 0.290 e. The maximum atomic E-state index is 12.5. The Hall–Kier alpha value is -1.79. The van der Waals surface area contributed by atoms with Gasteiger partial charge in [-0.25, -0.2) is 14.5 Å². The van der Waals surface area contributed by atoms with Crippen molar-refractivity contribution < 1.29 is 14.4 Å². The van der Waals surface area contributed by atoms with Crippen molar-refractivity contribution in [3.63, 3.8) is 0 Å². The number of nitrogens with one attached hydrogen (secondary N) is 1. The zero-order chi connectivity index (χ0) is 15.7. The van der Waals surface area contributed by atoms with Crippen molar-refractivity contribution in [2.75, 3.05) is 11.4 Å². The van der Waals surface area contributed by atoms with Gasteiger partial charge in [0.2, 0.25) is 5.91 Å². The van der Waals surface area contributed by atoms with E-state index in [0.29, 0.717) is 10.7 Å². The van der Waals surface area contributed by atoms with Crippen LogP contribution in [0.25, 0.3) is 0 Å². The summed E-state index contributed by atoms with van der Waals surface area (Å²) >= 11 is 12.1. The Bertz CT molecular complexity index is 619. The molecule has 8 heteroatoms. The molecule has 21 heavy (non-hydrogen) atoms. The molecule has 1 N–H and O–H groups in total. The molecule has 1 aromatic carbocycles. The van der Waals surface area contributed by atoms with Crippen molar-refractivity contribution in [2.24, 2.45) is 0 Å². The van der Waals surface area contributed by atoms with Gasteiger partial charge in [0.05, 0.1) is 15.7 Å². The van der Waals surface area contributed by atoms with Crippen LogP contribution in [0.4, 0.5) is 15.3 Å². The number of rotatable bonds is 2. The number of anilines is 1. The van der Waals surface area contributed by atoms with E-state index >= 15 is 0 Å². The van der Waals surface area contributed by atoms with Crippen molar-refractivity contribution in [2.45, 2.75) is 19.9 Å². The first kappa shape index (κ1) is 15.6. The van der Waals surface area contributed by atoms with Crippen molar-refractivity contribution in [1.29, 1.82) is 0 Å². The molecule has 1 aliphatic rings. The van der Waals surface area contributed by atoms with E-state index in [4.69, 9.17) is 23.2 Å². The van der Waals surface area contributed by atoms with Crippen LogP contribution in [-0.2, 0) is 4.79 Å². The summed E-state index contributed by atoms with van der Waals surface area (Å²) in [6.07, 6.45) is 0. The summed E-state index contributed by atoms with van der Waals surface area (Å²) < 4.78 is 0. The Labute approximate surface area is 131 Å². The standard InChI is InChI=1S/C13H13Cl2N3O3/c1-7(2)18(9-5-3-4-8(14)11(9)15)13(21)17-6-10(19)16-12(17)20/h3-5,7H,6H2,1-2H3,(H,16,19,20). The van der Waals surface area contributed by atoms with E-state index in [1.807, 2.05) is 0 Å². The molecule has 0 radical (unpaired) electrons. The Kier molecular flexibility index (Phi) is 4.39. The molecular formula is C13H13Cl2N3O3. The van der Waals surface area contributed by atoms with Gasteiger partial charge in [0.15, 0.2) is 0 Å². The SMILES string of the molecule is CC(C)N(C(=O)N1CC(=O)NC1=O)c1cccc(Cl)c1Cl. The molecule has 1 heterocycles. The first-order valence-corrected chi connectivity index (χ1v) is 6.97. The molecule has 0 saturated carbocycles. The number of benzene rings is 1. The van der Waals surface area contributed by atoms with E-state index in [1.165, 1.54) is 4.90 Å². The van der Waals surface area contributed by atoms with Gasteiger partial charge < -0.3 is 0 Å². The maximum Gasteiger partial charge on any atom is 0.333 e. The molecule has 0 atom stereocenters. The van der Waals surface area contributed by atoms with Crippen LogP contribution >= 0.6 is 23.2 Å². The lowest BCUT2D eigenvalue weighted by atomic mass is 10.2. The highest BCUT2D eigenvalue weighted by atomic mass is 35.5. The quantitative estimate of drug-likeness (QED) is 0.848. The van der Waals surface area contributed by atoms with Gasteiger partial charge in [-0.3, -0.25) is 15.0 Å². The fraction of sp³-hybridized carbons (Fsp3) is 0.308. The third-order valence-corrected chi connectivity index (χ3v) is 3.75. The number of halogens is 2. The summed E-state index contributed by atoms with van der Waals surface area (Å²) in [5.74, 6) is -0.519. The Balaban J connectivity index is 2.40. The molecule has 112 valence electrons. The monoisotopic (exact) mass is 329 g/mol. The zero-order valence-corrected chi connectivity index (χ0v) is 12.9. The number of carbonyl (C=O) groups excluding carboxylic acids is 3. The highest BCUT2D eigenvalue weighted by molar-refractivity contribution is 6.44. The van der Waals surface area contributed by atoms with Crippen molar-refractivity contribution >= 4 is 46.9 Å². The lowest BCUT2D eigenvalue weighted by molar-refractivity contribution is -0.118. The zero-order valence-electron chi connectivity index (χ0n) is 11.4. The molecule has 1 aromatic rings. The fourth-order valence-electron chi connectivity index (χ4n) is 2.01. The lowest BCUT2D eigenvalue weighted by Gasteiger charge is -2.30. The average molecular weight is 330 g/mol. The number of hydrogen-bond acceptors (Lipinski definition) is 3. The molecule has 1 aliphatic heterocycles. The normalized spacial score (nSPS) is 14.6. The molecule has 0 unspecified atom stereocenters. The largest absolute Gasteiger partial charge is 0.333 e. The molecule has 0 aliphatic carbocycles. The van der Waals surface area contributed by atoms with Crippen molar-refractivity contribution in [3.8, 4) is 0 Å². The molecule has 6 nitrogen and oxygen atoms in total. The van der Waals surface area contributed by atoms with Gasteiger partial charge in [0, 0.05) is 6.04 Å². The van der Waals surface area contributed by atoms with E-state index in [9.17, 15) is 14.4 Å². The van der Waals surface area contributed by atoms with Crippen LogP contribution in [0, 0.1) is 0 Å². The second kappa shape index (κ2) is 5.91. The van der Waals surface area contributed by atoms with Crippen molar-refractivity contribution in [3.05, 3.63) is 28.2 Å². The Morgan fingerprint density at radius 3 is 2.52 bits per heavy atom. The Morgan fingerprint density at radius 1 is 1.33 bits per heavy atom. The second-order valence-corrected chi connectivity index (χ2v) is 5.54. The number of carbonyl (C=O) groups is 3. The van der Waals surface area contributed by atoms with E-state index < -0.39 is 18.0 Å². The lowest BCUT2D eigenvalue weighted by Crippen LogP contribution is -2.48. The molecule has 1 saturated heterocycles. The maximum absolute atomic E-state index is 12.5. The molecule has 0 spiro atoms. The molecule has 2 rings (SSSR count). The molecular weight excluding hydrogens is 317 g/mol.